The van der Waals surface area contributed by atoms with Crippen LogP contribution in [-0.2, 0) is 11.2 Å². The second kappa shape index (κ2) is 7.74. The van der Waals surface area contributed by atoms with Crippen molar-refractivity contribution < 1.29 is 14.3 Å². The number of aryl methyl sites for hydroxylation is 1. The molecule has 20 heavy (non-hydrogen) atoms. The lowest BCUT2D eigenvalue weighted by molar-refractivity contribution is -0.121. The molecule has 0 fully saturated rings. The zero-order valence-electron chi connectivity index (χ0n) is 11.9. The number of halogens is 2. The minimum absolute atomic E-state index is 0.0988. The molecule has 0 atom stereocenters. The van der Waals surface area contributed by atoms with Gasteiger partial charge in [0.05, 0.1) is 0 Å². The topological polar surface area (TPSA) is 49.3 Å². The summed E-state index contributed by atoms with van der Waals surface area (Å²) in [5, 5.41) is 11.7. The van der Waals surface area contributed by atoms with Crippen molar-refractivity contribution >= 4 is 21.8 Å². The lowest BCUT2D eigenvalue weighted by Gasteiger charge is -2.23. The molecule has 3 nitrogen and oxygen atoms in total. The zero-order valence-corrected chi connectivity index (χ0v) is 13.5. The van der Waals surface area contributed by atoms with E-state index in [0.717, 1.165) is 0 Å². The van der Waals surface area contributed by atoms with E-state index < -0.39 is 0 Å². The van der Waals surface area contributed by atoms with E-state index in [2.05, 4.69) is 21.2 Å². The van der Waals surface area contributed by atoms with Gasteiger partial charge in [0.2, 0.25) is 5.91 Å². The molecule has 5 heteroatoms. The summed E-state index contributed by atoms with van der Waals surface area (Å²) in [6, 6.07) is 4.85. The fourth-order valence-corrected chi connectivity index (χ4v) is 2.12. The van der Waals surface area contributed by atoms with Gasteiger partial charge in [-0.25, -0.2) is 4.39 Å². The zero-order chi connectivity index (χ0) is 15.2. The summed E-state index contributed by atoms with van der Waals surface area (Å²) >= 11 is 3.20. The minimum Gasteiger partial charge on any atom is -0.396 e. The van der Waals surface area contributed by atoms with Crippen LogP contribution in [0.25, 0.3) is 0 Å². The SMILES string of the molecule is CC(C)(CCO)CNC(=O)CCc1ccc(Br)cc1F. The van der Waals surface area contributed by atoms with E-state index in [0.29, 0.717) is 29.4 Å². The van der Waals surface area contributed by atoms with Crippen molar-refractivity contribution in [2.75, 3.05) is 13.2 Å². The molecule has 0 aromatic heterocycles. The molecule has 0 spiro atoms. The average Bonchev–Trinajstić information content (AvgIpc) is 2.35. The Balaban J connectivity index is 2.40. The van der Waals surface area contributed by atoms with Crippen molar-refractivity contribution in [1.29, 1.82) is 0 Å². The van der Waals surface area contributed by atoms with Crippen molar-refractivity contribution in [3.05, 3.63) is 34.1 Å². The van der Waals surface area contributed by atoms with E-state index in [1.807, 2.05) is 13.8 Å². The fraction of sp³-hybridized carbons (Fsp3) is 0.533. The number of carbonyl (C=O) groups is 1. The van der Waals surface area contributed by atoms with Gasteiger partial charge in [-0.3, -0.25) is 4.79 Å². The standard InChI is InChI=1S/C15H21BrFNO2/c1-15(2,7-8-19)10-18-14(20)6-4-11-3-5-12(16)9-13(11)17/h3,5,9,19H,4,6-8,10H2,1-2H3,(H,18,20). The molecule has 1 amide bonds. The molecule has 0 heterocycles. The Hall–Kier alpha value is -0.940. The Morgan fingerprint density at radius 2 is 2.15 bits per heavy atom. The van der Waals surface area contributed by atoms with Gasteiger partial charge in [-0.2, -0.15) is 0 Å². The van der Waals surface area contributed by atoms with E-state index in [-0.39, 0.29) is 30.2 Å². The molecule has 0 bridgehead atoms. The summed E-state index contributed by atoms with van der Waals surface area (Å²) in [7, 11) is 0. The predicted molar refractivity (Wildman–Crippen MR) is 80.9 cm³/mol. The molecule has 0 saturated heterocycles. The van der Waals surface area contributed by atoms with Gasteiger partial charge < -0.3 is 10.4 Å². The third kappa shape index (κ3) is 6.01. The second-order valence-corrected chi connectivity index (χ2v) is 6.57. The Bertz CT molecular complexity index is 463. The van der Waals surface area contributed by atoms with Crippen molar-refractivity contribution in [1.82, 2.24) is 5.32 Å². The highest BCUT2D eigenvalue weighted by Gasteiger charge is 2.18. The van der Waals surface area contributed by atoms with Gasteiger partial charge in [-0.05, 0) is 36.0 Å². The lowest BCUT2D eigenvalue weighted by Crippen LogP contribution is -2.34. The summed E-state index contributed by atoms with van der Waals surface area (Å²) in [6.07, 6.45) is 1.27. The van der Waals surface area contributed by atoms with Gasteiger partial charge in [0.1, 0.15) is 5.82 Å². The second-order valence-electron chi connectivity index (χ2n) is 5.65. The van der Waals surface area contributed by atoms with Crippen LogP contribution in [0.2, 0.25) is 0 Å². The van der Waals surface area contributed by atoms with Crippen molar-refractivity contribution in [2.45, 2.75) is 33.1 Å². The first-order valence-corrected chi connectivity index (χ1v) is 7.45. The van der Waals surface area contributed by atoms with Gasteiger partial charge in [0.25, 0.3) is 0 Å². The first-order valence-electron chi connectivity index (χ1n) is 6.65. The molecule has 112 valence electrons. The first kappa shape index (κ1) is 17.1. The van der Waals surface area contributed by atoms with Gasteiger partial charge in [-0.15, -0.1) is 0 Å². The van der Waals surface area contributed by atoms with Crippen LogP contribution in [0, 0.1) is 11.2 Å². The Kier molecular flexibility index (Phi) is 6.62. The number of hydrogen-bond acceptors (Lipinski definition) is 2. The third-order valence-corrected chi connectivity index (χ3v) is 3.68. The molecule has 0 unspecified atom stereocenters. The average molecular weight is 346 g/mol. The van der Waals surface area contributed by atoms with Crippen LogP contribution in [0.1, 0.15) is 32.3 Å². The highest BCUT2D eigenvalue weighted by molar-refractivity contribution is 9.10. The van der Waals surface area contributed by atoms with Gasteiger partial charge in [0, 0.05) is 24.0 Å². The smallest absolute Gasteiger partial charge is 0.220 e. The number of aliphatic hydroxyl groups excluding tert-OH is 1. The van der Waals surface area contributed by atoms with Crippen LogP contribution >= 0.6 is 15.9 Å². The molecule has 0 aliphatic heterocycles. The van der Waals surface area contributed by atoms with E-state index in [1.165, 1.54) is 6.07 Å². The molecule has 0 aliphatic carbocycles. The first-order chi connectivity index (χ1) is 9.34. The minimum atomic E-state index is -0.298. The quantitative estimate of drug-likeness (QED) is 0.797. The largest absolute Gasteiger partial charge is 0.396 e. The van der Waals surface area contributed by atoms with Crippen molar-refractivity contribution in [2.24, 2.45) is 5.41 Å². The van der Waals surface area contributed by atoms with E-state index >= 15 is 0 Å². The molecule has 1 aromatic rings. The molecule has 0 aliphatic rings. The van der Waals surface area contributed by atoms with E-state index in [9.17, 15) is 9.18 Å². The summed E-state index contributed by atoms with van der Waals surface area (Å²) in [5.74, 6) is -0.397. The number of amides is 1. The van der Waals surface area contributed by atoms with Gasteiger partial charge in [0.15, 0.2) is 0 Å². The Morgan fingerprint density at radius 1 is 1.45 bits per heavy atom. The number of rotatable bonds is 7. The summed E-state index contributed by atoms with van der Waals surface area (Å²) in [5.41, 5.74) is 0.408. The molecule has 0 radical (unpaired) electrons. The number of hydrogen-bond donors (Lipinski definition) is 2. The fourth-order valence-electron chi connectivity index (χ4n) is 1.79. The number of benzene rings is 1. The van der Waals surface area contributed by atoms with E-state index in [4.69, 9.17) is 5.11 Å². The van der Waals surface area contributed by atoms with Crippen LogP contribution in [0.5, 0.6) is 0 Å². The monoisotopic (exact) mass is 345 g/mol. The highest BCUT2D eigenvalue weighted by atomic mass is 79.9. The normalized spacial score (nSPS) is 11.4. The van der Waals surface area contributed by atoms with Crippen molar-refractivity contribution in [3.63, 3.8) is 0 Å². The molecule has 1 rings (SSSR count). The molecule has 0 saturated carbocycles. The number of carbonyl (C=O) groups excluding carboxylic acids is 1. The van der Waals surface area contributed by atoms with Crippen LogP contribution in [0.15, 0.2) is 22.7 Å². The van der Waals surface area contributed by atoms with Gasteiger partial charge in [-0.1, -0.05) is 35.8 Å². The molecular formula is C15H21BrFNO2. The molecular weight excluding hydrogens is 325 g/mol. The Morgan fingerprint density at radius 3 is 2.75 bits per heavy atom. The molecule has 2 N–H and O–H groups in total. The predicted octanol–water partition coefficient (Wildman–Crippen LogP) is 3.05. The summed E-state index contributed by atoms with van der Waals surface area (Å²) < 4.78 is 14.3. The maximum absolute atomic E-state index is 13.6. The maximum Gasteiger partial charge on any atom is 0.220 e. The third-order valence-electron chi connectivity index (χ3n) is 3.19. The lowest BCUT2D eigenvalue weighted by atomic mass is 9.90. The van der Waals surface area contributed by atoms with Gasteiger partial charge >= 0.3 is 0 Å². The maximum atomic E-state index is 13.6. The summed E-state index contributed by atoms with van der Waals surface area (Å²) in [6.45, 7) is 4.58. The number of nitrogens with one attached hydrogen (secondary N) is 1. The van der Waals surface area contributed by atoms with Crippen LogP contribution in [0.4, 0.5) is 4.39 Å². The summed E-state index contributed by atoms with van der Waals surface area (Å²) in [4.78, 5) is 11.7. The van der Waals surface area contributed by atoms with Crippen LogP contribution in [0.3, 0.4) is 0 Å². The molecule has 1 aromatic carbocycles. The Labute approximate surface area is 127 Å². The number of aliphatic hydroxyl groups is 1. The van der Waals surface area contributed by atoms with Crippen LogP contribution < -0.4 is 5.32 Å². The van der Waals surface area contributed by atoms with Crippen LogP contribution in [-0.4, -0.2) is 24.2 Å². The highest BCUT2D eigenvalue weighted by Crippen LogP contribution is 2.18. The van der Waals surface area contributed by atoms with E-state index in [1.54, 1.807) is 12.1 Å². The van der Waals surface area contributed by atoms with Crippen molar-refractivity contribution in [3.8, 4) is 0 Å².